The highest BCUT2D eigenvalue weighted by atomic mass is 16.5. The van der Waals surface area contributed by atoms with Crippen LogP contribution < -0.4 is 5.73 Å². The lowest BCUT2D eigenvalue weighted by molar-refractivity contribution is -0.145. The Morgan fingerprint density at radius 3 is 2.41 bits per heavy atom. The topological polar surface area (TPSA) is 141 Å². The number of hydrogen-bond donors (Lipinski definition) is 5. The Bertz CT molecular complexity index is 417. The largest absolute Gasteiger partial charge is 0.480 e. The van der Waals surface area contributed by atoms with E-state index >= 15 is 0 Å². The van der Waals surface area contributed by atoms with Gasteiger partial charge in [0.05, 0.1) is 0 Å². The fourth-order valence-corrected chi connectivity index (χ4v) is 2.94. The molecule has 0 saturated heterocycles. The zero-order chi connectivity index (χ0) is 13.0. The van der Waals surface area contributed by atoms with Gasteiger partial charge in [-0.1, -0.05) is 5.57 Å². The highest BCUT2D eigenvalue weighted by molar-refractivity contribution is 5.85. The van der Waals surface area contributed by atoms with E-state index in [1.807, 2.05) is 0 Å². The zero-order valence-corrected chi connectivity index (χ0v) is 8.78. The number of carboxylic acid groups (broad SMARTS) is 2. The summed E-state index contributed by atoms with van der Waals surface area (Å²) in [6, 6.07) is 0. The minimum absolute atomic E-state index is 0.0623. The number of rotatable bonds is 3. The molecule has 2 saturated carbocycles. The molecule has 0 heterocycles. The van der Waals surface area contributed by atoms with Gasteiger partial charge >= 0.3 is 11.9 Å². The van der Waals surface area contributed by atoms with E-state index in [9.17, 15) is 9.59 Å². The van der Waals surface area contributed by atoms with Crippen LogP contribution in [0.15, 0.2) is 11.6 Å². The van der Waals surface area contributed by atoms with Gasteiger partial charge < -0.3 is 26.2 Å². The summed E-state index contributed by atoms with van der Waals surface area (Å²) in [6.45, 7) is 0. The third-order valence-electron chi connectivity index (χ3n) is 3.65. The quantitative estimate of drug-likeness (QED) is 0.295. The first-order valence-corrected chi connectivity index (χ1v) is 5.11. The van der Waals surface area contributed by atoms with Crippen molar-refractivity contribution >= 4 is 11.9 Å². The van der Waals surface area contributed by atoms with E-state index < -0.39 is 41.5 Å². The Labute approximate surface area is 96.2 Å². The number of aliphatic carboxylic acids is 2. The van der Waals surface area contributed by atoms with Gasteiger partial charge in [-0.3, -0.25) is 4.79 Å². The summed E-state index contributed by atoms with van der Waals surface area (Å²) in [4.78, 5) is 21.7. The molecule has 4 unspecified atom stereocenters. The Morgan fingerprint density at radius 1 is 1.41 bits per heavy atom. The number of carbonyl (C=O) groups is 2. The standard InChI is InChI=1S/C10H13NO6/c11-10(9(16)17)2-3(1-4(12)13)5-6(7(5)10)8(14)15/h1,5-8,14-15H,2,11H2,(H,12,13)(H,16,17)/b3-1+. The van der Waals surface area contributed by atoms with Gasteiger partial charge in [0.1, 0.15) is 5.54 Å². The number of aliphatic hydroxyl groups is 2. The second kappa shape index (κ2) is 3.52. The first kappa shape index (κ1) is 12.0. The van der Waals surface area contributed by atoms with Crippen molar-refractivity contribution < 1.29 is 30.0 Å². The lowest BCUT2D eigenvalue weighted by atomic mass is 9.90. The maximum atomic E-state index is 11.1. The summed E-state index contributed by atoms with van der Waals surface area (Å²) >= 11 is 0. The van der Waals surface area contributed by atoms with E-state index in [-0.39, 0.29) is 6.42 Å². The summed E-state index contributed by atoms with van der Waals surface area (Å²) in [7, 11) is 0. The van der Waals surface area contributed by atoms with Crippen molar-refractivity contribution in [3.05, 3.63) is 11.6 Å². The maximum absolute atomic E-state index is 11.1. The Morgan fingerprint density at radius 2 is 2.00 bits per heavy atom. The van der Waals surface area contributed by atoms with Crippen LogP contribution in [0.3, 0.4) is 0 Å². The predicted octanol–water partition coefficient (Wildman–Crippen LogP) is -1.64. The molecule has 0 amide bonds. The van der Waals surface area contributed by atoms with E-state index in [0.29, 0.717) is 5.57 Å². The lowest BCUT2D eigenvalue weighted by Gasteiger charge is -2.23. The third kappa shape index (κ3) is 1.63. The molecule has 0 bridgehead atoms. The van der Waals surface area contributed by atoms with Crippen molar-refractivity contribution in [2.45, 2.75) is 18.2 Å². The van der Waals surface area contributed by atoms with Gasteiger partial charge in [0.2, 0.25) is 0 Å². The highest BCUT2D eigenvalue weighted by Crippen LogP contribution is 2.64. The monoisotopic (exact) mass is 243 g/mol. The second-order valence-corrected chi connectivity index (χ2v) is 4.62. The number of nitrogens with two attached hydrogens (primary N) is 1. The summed E-state index contributed by atoms with van der Waals surface area (Å²) < 4.78 is 0. The van der Waals surface area contributed by atoms with Crippen molar-refractivity contribution in [1.82, 2.24) is 0 Å². The average molecular weight is 243 g/mol. The smallest absolute Gasteiger partial charge is 0.328 e. The molecule has 0 aromatic rings. The van der Waals surface area contributed by atoms with E-state index in [1.54, 1.807) is 0 Å². The van der Waals surface area contributed by atoms with E-state index in [1.165, 1.54) is 0 Å². The molecule has 2 aliphatic rings. The van der Waals surface area contributed by atoms with Crippen LogP contribution in [-0.4, -0.2) is 44.2 Å². The lowest BCUT2D eigenvalue weighted by Crippen LogP contribution is -2.49. The zero-order valence-electron chi connectivity index (χ0n) is 8.78. The summed E-state index contributed by atoms with van der Waals surface area (Å²) in [5, 5.41) is 35.9. The van der Waals surface area contributed by atoms with E-state index in [0.717, 1.165) is 6.08 Å². The van der Waals surface area contributed by atoms with Crippen LogP contribution in [0.1, 0.15) is 6.42 Å². The van der Waals surface area contributed by atoms with E-state index in [2.05, 4.69) is 0 Å². The van der Waals surface area contributed by atoms with Crippen molar-refractivity contribution in [1.29, 1.82) is 0 Å². The van der Waals surface area contributed by atoms with Gasteiger partial charge in [0.25, 0.3) is 0 Å². The molecule has 0 aromatic heterocycles. The summed E-state index contributed by atoms with van der Waals surface area (Å²) in [5.74, 6) is -4.18. The van der Waals surface area contributed by atoms with Crippen molar-refractivity contribution in [2.75, 3.05) is 0 Å². The molecule has 7 nitrogen and oxygen atoms in total. The molecule has 4 atom stereocenters. The number of carboxylic acids is 2. The molecule has 0 radical (unpaired) electrons. The number of hydrogen-bond acceptors (Lipinski definition) is 5. The van der Waals surface area contributed by atoms with Gasteiger partial charge in [-0.2, -0.15) is 0 Å². The normalized spacial score (nSPS) is 41.6. The van der Waals surface area contributed by atoms with Gasteiger partial charge in [-0.15, -0.1) is 0 Å². The maximum Gasteiger partial charge on any atom is 0.328 e. The van der Waals surface area contributed by atoms with Crippen molar-refractivity contribution in [3.63, 3.8) is 0 Å². The van der Waals surface area contributed by atoms with Crippen molar-refractivity contribution in [2.24, 2.45) is 23.5 Å². The minimum atomic E-state index is -1.68. The summed E-state index contributed by atoms with van der Waals surface area (Å²) in [5.41, 5.74) is 4.50. The molecule has 2 fully saturated rings. The first-order valence-electron chi connectivity index (χ1n) is 5.11. The SMILES string of the molecule is NC1(C(=O)O)C/C(=C\C(=O)O)C2C(C(O)O)C21. The van der Waals surface area contributed by atoms with Crippen LogP contribution in [-0.2, 0) is 9.59 Å². The van der Waals surface area contributed by atoms with Crippen LogP contribution in [0.4, 0.5) is 0 Å². The van der Waals surface area contributed by atoms with Crippen LogP contribution in [0, 0.1) is 17.8 Å². The Balaban J connectivity index is 2.33. The molecular formula is C10H13NO6. The van der Waals surface area contributed by atoms with Crippen molar-refractivity contribution in [3.8, 4) is 0 Å². The molecule has 0 aliphatic heterocycles. The highest BCUT2D eigenvalue weighted by Gasteiger charge is 2.71. The molecule has 0 aromatic carbocycles. The average Bonchev–Trinajstić information content (AvgIpc) is 2.84. The fourth-order valence-electron chi connectivity index (χ4n) is 2.94. The summed E-state index contributed by atoms with van der Waals surface area (Å²) in [6.07, 6.45) is -0.824. The molecule has 17 heavy (non-hydrogen) atoms. The van der Waals surface area contributed by atoms with E-state index in [4.69, 9.17) is 26.2 Å². The molecule has 7 heteroatoms. The van der Waals surface area contributed by atoms with Crippen LogP contribution in [0.5, 0.6) is 0 Å². The molecule has 2 rings (SSSR count). The molecular weight excluding hydrogens is 230 g/mol. The van der Waals surface area contributed by atoms with Crippen LogP contribution in [0.2, 0.25) is 0 Å². The molecule has 0 spiro atoms. The van der Waals surface area contributed by atoms with Crippen LogP contribution in [0.25, 0.3) is 0 Å². The van der Waals surface area contributed by atoms with Gasteiger partial charge in [-0.05, 0) is 12.3 Å². The third-order valence-corrected chi connectivity index (χ3v) is 3.65. The minimum Gasteiger partial charge on any atom is -0.480 e. The second-order valence-electron chi connectivity index (χ2n) is 4.62. The molecule has 94 valence electrons. The van der Waals surface area contributed by atoms with Gasteiger partial charge in [-0.25, -0.2) is 4.79 Å². The van der Waals surface area contributed by atoms with Gasteiger partial charge in [0, 0.05) is 17.9 Å². The Kier molecular flexibility index (Phi) is 2.49. The number of fused-ring (bicyclic) bond motifs is 1. The van der Waals surface area contributed by atoms with Gasteiger partial charge in [0.15, 0.2) is 6.29 Å². The number of aliphatic hydroxyl groups excluding tert-OH is 1. The fraction of sp³-hybridized carbons (Fsp3) is 0.600. The molecule has 2 aliphatic carbocycles. The molecule has 6 N–H and O–H groups in total. The Hall–Kier alpha value is -1.44. The van der Waals surface area contributed by atoms with Crippen LogP contribution >= 0.6 is 0 Å². The predicted molar refractivity (Wildman–Crippen MR) is 53.6 cm³/mol. The first-order chi connectivity index (χ1) is 7.79.